The first-order valence-corrected chi connectivity index (χ1v) is 19.9. The minimum Gasteiger partial charge on any atom is -0.456 e. The van der Waals surface area contributed by atoms with Crippen LogP contribution in [0.25, 0.3) is 95.0 Å². The Morgan fingerprint density at radius 1 is 0.333 bits per heavy atom. The Kier molecular flexibility index (Phi) is 6.41. The maximum atomic E-state index is 6.19. The summed E-state index contributed by atoms with van der Waals surface area (Å²) in [6.45, 7) is 0. The number of para-hydroxylation sites is 1. The molecule has 0 amide bonds. The van der Waals surface area contributed by atoms with Gasteiger partial charge in [0, 0.05) is 68.2 Å². The summed E-state index contributed by atoms with van der Waals surface area (Å²) in [5, 5.41) is 12.4. The molecule has 12 rings (SSSR count). The molecule has 3 aromatic heterocycles. The molecule has 0 fully saturated rings. The van der Waals surface area contributed by atoms with Gasteiger partial charge in [-0.15, -0.1) is 22.7 Å². The Morgan fingerprint density at radius 3 is 1.59 bits per heavy atom. The smallest absolute Gasteiger partial charge is 0.136 e. The number of hydrogen-bond acceptors (Lipinski definition) is 4. The Bertz CT molecular complexity index is 3360. The van der Waals surface area contributed by atoms with Gasteiger partial charge in [0.2, 0.25) is 0 Å². The van der Waals surface area contributed by atoms with E-state index in [1.54, 1.807) is 0 Å². The molecule has 0 saturated carbocycles. The summed E-state index contributed by atoms with van der Waals surface area (Å²) < 4.78 is 11.4. The normalized spacial score (nSPS) is 12.1. The summed E-state index contributed by atoms with van der Waals surface area (Å²) in [7, 11) is 0. The van der Waals surface area contributed by atoms with Crippen molar-refractivity contribution >= 4 is 124 Å². The lowest BCUT2D eigenvalue weighted by molar-refractivity contribution is 0.669. The lowest BCUT2D eigenvalue weighted by atomic mass is 9.96. The third-order valence-corrected chi connectivity index (χ3v) is 13.3. The second kappa shape index (κ2) is 11.5. The van der Waals surface area contributed by atoms with Gasteiger partial charge in [-0.1, -0.05) is 91.0 Å². The predicted octanol–water partition coefficient (Wildman–Crippen LogP) is 15.8. The van der Waals surface area contributed by atoms with Gasteiger partial charge in [0.1, 0.15) is 11.2 Å². The van der Waals surface area contributed by atoms with E-state index in [1.807, 2.05) is 34.8 Å². The van der Waals surface area contributed by atoms with Crippen LogP contribution in [-0.2, 0) is 0 Å². The molecule has 9 aromatic carbocycles. The van der Waals surface area contributed by atoms with E-state index >= 15 is 0 Å². The molecular formula is C50H29NOS2. The van der Waals surface area contributed by atoms with Crippen LogP contribution >= 0.6 is 22.7 Å². The molecule has 12 aromatic rings. The highest BCUT2D eigenvalue weighted by atomic mass is 32.1. The van der Waals surface area contributed by atoms with Gasteiger partial charge in [0.15, 0.2) is 0 Å². The van der Waals surface area contributed by atoms with Crippen molar-refractivity contribution in [1.82, 2.24) is 0 Å². The van der Waals surface area contributed by atoms with Gasteiger partial charge in [0.25, 0.3) is 0 Å². The van der Waals surface area contributed by atoms with Crippen molar-refractivity contribution in [2.45, 2.75) is 0 Å². The Labute approximate surface area is 318 Å². The number of furan rings is 1. The summed E-state index contributed by atoms with van der Waals surface area (Å²) in [5.41, 5.74) is 7.67. The van der Waals surface area contributed by atoms with E-state index < -0.39 is 0 Å². The molecule has 0 aliphatic heterocycles. The molecule has 0 radical (unpaired) electrons. The molecule has 2 nitrogen and oxygen atoms in total. The van der Waals surface area contributed by atoms with Crippen LogP contribution in [0.5, 0.6) is 0 Å². The summed E-state index contributed by atoms with van der Waals surface area (Å²) >= 11 is 3.72. The predicted molar refractivity (Wildman–Crippen MR) is 235 cm³/mol. The molecule has 0 spiro atoms. The first kappa shape index (κ1) is 30.0. The van der Waals surface area contributed by atoms with Crippen LogP contribution in [0.3, 0.4) is 0 Å². The monoisotopic (exact) mass is 723 g/mol. The Hall–Kier alpha value is -6.46. The minimum atomic E-state index is 0.927. The number of nitrogens with zero attached hydrogens (tertiary/aromatic N) is 1. The summed E-state index contributed by atoms with van der Waals surface area (Å²) in [4.78, 5) is 2.43. The van der Waals surface area contributed by atoms with Crippen LogP contribution in [0, 0.1) is 0 Å². The molecule has 0 N–H and O–H groups in total. The first-order chi connectivity index (χ1) is 26.7. The summed E-state index contributed by atoms with van der Waals surface area (Å²) in [5.74, 6) is 0. The van der Waals surface area contributed by atoms with Crippen LogP contribution in [0.2, 0.25) is 0 Å². The fourth-order valence-electron chi connectivity index (χ4n) is 8.44. The molecule has 0 unspecified atom stereocenters. The fourth-order valence-corrected chi connectivity index (χ4v) is 10.6. The van der Waals surface area contributed by atoms with Crippen molar-refractivity contribution in [3.8, 4) is 11.1 Å². The molecule has 0 bridgehead atoms. The lowest BCUT2D eigenvalue weighted by Crippen LogP contribution is -2.09. The van der Waals surface area contributed by atoms with Crippen molar-refractivity contribution in [2.24, 2.45) is 0 Å². The topological polar surface area (TPSA) is 16.4 Å². The van der Waals surface area contributed by atoms with E-state index in [4.69, 9.17) is 4.42 Å². The van der Waals surface area contributed by atoms with Gasteiger partial charge in [-0.05, 0) is 118 Å². The largest absolute Gasteiger partial charge is 0.456 e. The van der Waals surface area contributed by atoms with Crippen LogP contribution in [-0.4, -0.2) is 0 Å². The number of fused-ring (bicyclic) bond motifs is 12. The lowest BCUT2D eigenvalue weighted by Gasteiger charge is -2.26. The highest BCUT2D eigenvalue weighted by molar-refractivity contribution is 7.26. The van der Waals surface area contributed by atoms with Crippen molar-refractivity contribution in [3.63, 3.8) is 0 Å². The number of anilines is 3. The van der Waals surface area contributed by atoms with Crippen molar-refractivity contribution in [3.05, 3.63) is 176 Å². The SMILES string of the molecule is c1ccc2c(c1)oc1ccc3cc(-c4ccc5ccc(N(c6ccc7sc8ccccc8c7c6)c6ccc7sc8ccccc8c7c6)cc5c4)ccc3c12. The van der Waals surface area contributed by atoms with E-state index in [0.717, 1.165) is 33.6 Å². The third kappa shape index (κ3) is 4.57. The number of thiophene rings is 2. The first-order valence-electron chi connectivity index (χ1n) is 18.2. The molecule has 0 atom stereocenters. The average Bonchev–Trinajstić information content (AvgIpc) is 3.91. The van der Waals surface area contributed by atoms with Gasteiger partial charge >= 0.3 is 0 Å². The van der Waals surface area contributed by atoms with E-state index in [-0.39, 0.29) is 0 Å². The standard InChI is InChI=1S/C50H29NOS2/c1-4-10-44-41(9-1)50-38-21-16-32(25-33(38)17-22-45(50)52-44)31-14-13-30-15-18-35(27-34(30)26-31)51(36-19-23-48-42(28-36)39-7-2-5-11-46(39)53-48)37-20-24-49-43(29-37)40-8-3-6-12-47(40)54-49/h1-29H. The number of rotatable bonds is 4. The highest BCUT2D eigenvalue weighted by Crippen LogP contribution is 2.44. The Morgan fingerprint density at radius 2 is 0.870 bits per heavy atom. The van der Waals surface area contributed by atoms with E-state index in [2.05, 4.69) is 169 Å². The summed E-state index contributed by atoms with van der Waals surface area (Å²) in [6.07, 6.45) is 0. The Balaban J connectivity index is 1.02. The molecule has 3 heterocycles. The second-order valence-corrected chi connectivity index (χ2v) is 16.3. The molecule has 54 heavy (non-hydrogen) atoms. The van der Waals surface area contributed by atoms with Crippen molar-refractivity contribution in [1.29, 1.82) is 0 Å². The molecular weight excluding hydrogens is 695 g/mol. The molecule has 4 heteroatoms. The maximum absolute atomic E-state index is 6.19. The van der Waals surface area contributed by atoms with Gasteiger partial charge in [0.05, 0.1) is 0 Å². The highest BCUT2D eigenvalue weighted by Gasteiger charge is 2.18. The van der Waals surface area contributed by atoms with E-state index in [0.29, 0.717) is 0 Å². The van der Waals surface area contributed by atoms with E-state index in [9.17, 15) is 0 Å². The van der Waals surface area contributed by atoms with Gasteiger partial charge in [-0.2, -0.15) is 0 Å². The summed E-state index contributed by atoms with van der Waals surface area (Å²) in [6, 6.07) is 64.5. The van der Waals surface area contributed by atoms with Crippen molar-refractivity contribution in [2.75, 3.05) is 4.90 Å². The van der Waals surface area contributed by atoms with Gasteiger partial charge in [-0.25, -0.2) is 0 Å². The van der Waals surface area contributed by atoms with Crippen LogP contribution in [0.1, 0.15) is 0 Å². The second-order valence-electron chi connectivity index (χ2n) is 14.1. The fraction of sp³-hybridized carbons (Fsp3) is 0. The van der Waals surface area contributed by atoms with E-state index in [1.165, 1.54) is 78.4 Å². The maximum Gasteiger partial charge on any atom is 0.136 e. The zero-order chi connectivity index (χ0) is 35.3. The molecule has 0 aliphatic rings. The minimum absolute atomic E-state index is 0.927. The quantitative estimate of drug-likeness (QED) is 0.180. The molecule has 0 aliphatic carbocycles. The van der Waals surface area contributed by atoms with Gasteiger partial charge in [-0.3, -0.25) is 0 Å². The third-order valence-electron chi connectivity index (χ3n) is 11.0. The zero-order valence-electron chi connectivity index (χ0n) is 28.9. The van der Waals surface area contributed by atoms with Crippen molar-refractivity contribution < 1.29 is 4.42 Å². The van der Waals surface area contributed by atoms with Crippen LogP contribution in [0.15, 0.2) is 180 Å². The molecule has 0 saturated heterocycles. The van der Waals surface area contributed by atoms with Crippen LogP contribution < -0.4 is 4.90 Å². The van der Waals surface area contributed by atoms with Gasteiger partial charge < -0.3 is 9.32 Å². The van der Waals surface area contributed by atoms with Crippen LogP contribution in [0.4, 0.5) is 17.1 Å². The zero-order valence-corrected chi connectivity index (χ0v) is 30.5. The average molecular weight is 724 g/mol. The molecule has 252 valence electrons. The number of hydrogen-bond donors (Lipinski definition) is 0. The number of benzene rings is 9.